The summed E-state index contributed by atoms with van der Waals surface area (Å²) < 4.78 is 8.06. The second-order valence-corrected chi connectivity index (χ2v) is 6.68. The van der Waals surface area contributed by atoms with E-state index in [9.17, 15) is 0 Å². The highest BCUT2D eigenvalue weighted by Crippen LogP contribution is 2.31. The minimum absolute atomic E-state index is 0.116. The smallest absolute Gasteiger partial charge is 0.0847 e. The molecule has 0 radical (unpaired) electrons. The van der Waals surface area contributed by atoms with Gasteiger partial charge in [0.2, 0.25) is 0 Å². The van der Waals surface area contributed by atoms with Crippen molar-refractivity contribution in [1.82, 2.24) is 15.1 Å². The zero-order valence-electron chi connectivity index (χ0n) is 13.7. The first-order valence-corrected chi connectivity index (χ1v) is 8.41. The lowest BCUT2D eigenvalue weighted by molar-refractivity contribution is -0.0886. The van der Waals surface area contributed by atoms with Crippen LogP contribution in [0.3, 0.4) is 0 Å². The molecule has 1 aliphatic rings. The average molecular weight is 314 g/mol. The Bertz CT molecular complexity index is 466. The van der Waals surface area contributed by atoms with E-state index >= 15 is 0 Å². The van der Waals surface area contributed by atoms with Gasteiger partial charge < -0.3 is 10.1 Å². The first kappa shape index (κ1) is 16.8. The number of ether oxygens (including phenoxy) is 1. The number of hydrogen-bond acceptors (Lipinski definition) is 3. The Balaban J connectivity index is 2.19. The van der Waals surface area contributed by atoms with Gasteiger partial charge in [0.15, 0.2) is 0 Å². The van der Waals surface area contributed by atoms with E-state index in [1.807, 2.05) is 18.7 Å². The summed E-state index contributed by atoms with van der Waals surface area (Å²) in [6.07, 6.45) is 5.47. The van der Waals surface area contributed by atoms with Gasteiger partial charge in [-0.05, 0) is 46.1 Å². The Morgan fingerprint density at radius 3 is 2.76 bits per heavy atom. The number of nitrogens with one attached hydrogen (secondary N) is 1. The topological polar surface area (TPSA) is 39.1 Å². The zero-order chi connectivity index (χ0) is 15.5. The van der Waals surface area contributed by atoms with Gasteiger partial charge in [-0.2, -0.15) is 5.10 Å². The summed E-state index contributed by atoms with van der Waals surface area (Å²) in [5, 5.41) is 8.89. The third kappa shape index (κ3) is 3.79. The van der Waals surface area contributed by atoms with E-state index in [2.05, 4.69) is 24.3 Å². The summed E-state index contributed by atoms with van der Waals surface area (Å²) >= 11 is 6.42. The van der Waals surface area contributed by atoms with Gasteiger partial charge in [-0.15, -0.1) is 0 Å². The highest BCUT2D eigenvalue weighted by Gasteiger charge is 2.37. The van der Waals surface area contributed by atoms with Gasteiger partial charge in [0.05, 0.1) is 22.0 Å². The van der Waals surface area contributed by atoms with Crippen molar-refractivity contribution in [3.8, 4) is 0 Å². The van der Waals surface area contributed by atoms with Crippen LogP contribution in [0, 0.1) is 6.92 Å². The Labute approximate surface area is 133 Å². The molecule has 0 bridgehead atoms. The van der Waals surface area contributed by atoms with Crippen LogP contribution in [0.25, 0.3) is 0 Å². The summed E-state index contributed by atoms with van der Waals surface area (Å²) in [5.41, 5.74) is 1.88. The van der Waals surface area contributed by atoms with Gasteiger partial charge in [0.1, 0.15) is 0 Å². The van der Waals surface area contributed by atoms with Gasteiger partial charge in [-0.3, -0.25) is 4.68 Å². The molecule has 5 heteroatoms. The molecule has 1 fully saturated rings. The molecule has 4 nitrogen and oxygen atoms in total. The molecule has 1 saturated heterocycles. The fourth-order valence-electron chi connectivity index (χ4n) is 3.15. The Morgan fingerprint density at radius 2 is 2.24 bits per heavy atom. The van der Waals surface area contributed by atoms with Gasteiger partial charge in [0, 0.05) is 26.1 Å². The minimum atomic E-state index is -0.116. The molecule has 0 amide bonds. The van der Waals surface area contributed by atoms with Crippen molar-refractivity contribution < 1.29 is 4.74 Å². The first-order valence-electron chi connectivity index (χ1n) is 8.03. The summed E-state index contributed by atoms with van der Waals surface area (Å²) in [5.74, 6) is 0. The van der Waals surface area contributed by atoms with Crippen molar-refractivity contribution in [2.24, 2.45) is 7.05 Å². The largest absolute Gasteiger partial charge is 0.374 e. The third-order valence-electron chi connectivity index (χ3n) is 4.54. The van der Waals surface area contributed by atoms with Crippen LogP contribution in [0.4, 0.5) is 0 Å². The van der Waals surface area contributed by atoms with E-state index in [1.54, 1.807) is 0 Å². The molecule has 0 aliphatic carbocycles. The van der Waals surface area contributed by atoms with E-state index < -0.39 is 0 Å². The predicted octanol–water partition coefficient (Wildman–Crippen LogP) is 3.25. The number of rotatable bonds is 6. The molecule has 0 aromatic carbocycles. The molecule has 2 heterocycles. The maximum Gasteiger partial charge on any atom is 0.0847 e. The minimum Gasteiger partial charge on any atom is -0.374 e. The van der Waals surface area contributed by atoms with Crippen LogP contribution in [-0.2, 0) is 18.2 Å². The Morgan fingerprint density at radius 1 is 1.48 bits per heavy atom. The lowest BCUT2D eigenvalue weighted by Gasteiger charge is -2.41. The first-order chi connectivity index (χ1) is 9.98. The van der Waals surface area contributed by atoms with E-state index in [0.717, 1.165) is 48.8 Å². The number of aryl methyl sites for hydroxylation is 2. The van der Waals surface area contributed by atoms with Crippen molar-refractivity contribution in [3.63, 3.8) is 0 Å². The maximum absolute atomic E-state index is 6.42. The molecule has 2 unspecified atom stereocenters. The van der Waals surface area contributed by atoms with Gasteiger partial charge >= 0.3 is 0 Å². The molecule has 120 valence electrons. The summed E-state index contributed by atoms with van der Waals surface area (Å²) in [6.45, 7) is 8.24. The highest BCUT2D eigenvalue weighted by atomic mass is 35.5. The standard InChI is InChI=1S/C16H28ClN3O/c1-5-9-18-14(16(3)8-6-7-10-21-16)11-13-15(17)12(2)19-20(13)4/h14,18H,5-11H2,1-4H3. The number of hydrogen-bond donors (Lipinski definition) is 1. The molecule has 21 heavy (non-hydrogen) atoms. The average Bonchev–Trinajstić information content (AvgIpc) is 2.69. The normalized spacial score (nSPS) is 24.2. The predicted molar refractivity (Wildman–Crippen MR) is 86.9 cm³/mol. The highest BCUT2D eigenvalue weighted by molar-refractivity contribution is 6.31. The van der Waals surface area contributed by atoms with Gasteiger partial charge in [-0.25, -0.2) is 0 Å². The third-order valence-corrected chi connectivity index (χ3v) is 5.03. The second kappa shape index (κ2) is 7.12. The van der Waals surface area contributed by atoms with Crippen LogP contribution in [0.5, 0.6) is 0 Å². The number of nitrogens with zero attached hydrogens (tertiary/aromatic N) is 2. The summed E-state index contributed by atoms with van der Waals surface area (Å²) in [6, 6.07) is 0.269. The van der Waals surface area contributed by atoms with E-state index in [1.165, 1.54) is 12.8 Å². The van der Waals surface area contributed by atoms with Crippen molar-refractivity contribution in [1.29, 1.82) is 0 Å². The quantitative estimate of drug-likeness (QED) is 0.876. The lowest BCUT2D eigenvalue weighted by Crippen LogP contribution is -2.53. The molecule has 0 spiro atoms. The van der Waals surface area contributed by atoms with Crippen LogP contribution in [-0.4, -0.2) is 34.6 Å². The molecular formula is C16H28ClN3O. The van der Waals surface area contributed by atoms with Crippen molar-refractivity contribution in [2.75, 3.05) is 13.2 Å². The van der Waals surface area contributed by atoms with E-state index in [4.69, 9.17) is 16.3 Å². The molecule has 2 rings (SSSR count). The molecular weight excluding hydrogens is 286 g/mol. The van der Waals surface area contributed by atoms with Crippen LogP contribution < -0.4 is 5.32 Å². The number of halogens is 1. The molecule has 1 aliphatic heterocycles. The van der Waals surface area contributed by atoms with Crippen LogP contribution in [0.15, 0.2) is 0 Å². The lowest BCUT2D eigenvalue weighted by atomic mass is 9.85. The van der Waals surface area contributed by atoms with Gasteiger partial charge in [0.25, 0.3) is 0 Å². The monoisotopic (exact) mass is 313 g/mol. The fraction of sp³-hybridized carbons (Fsp3) is 0.812. The Kier molecular flexibility index (Phi) is 5.69. The van der Waals surface area contributed by atoms with Crippen molar-refractivity contribution in [3.05, 3.63) is 16.4 Å². The molecule has 1 aromatic rings. The Hall–Kier alpha value is -0.580. The van der Waals surface area contributed by atoms with Crippen LogP contribution in [0.2, 0.25) is 5.02 Å². The second-order valence-electron chi connectivity index (χ2n) is 6.30. The zero-order valence-corrected chi connectivity index (χ0v) is 14.5. The van der Waals surface area contributed by atoms with E-state index in [-0.39, 0.29) is 11.6 Å². The van der Waals surface area contributed by atoms with Crippen LogP contribution >= 0.6 is 11.6 Å². The van der Waals surface area contributed by atoms with Gasteiger partial charge in [-0.1, -0.05) is 18.5 Å². The van der Waals surface area contributed by atoms with Crippen molar-refractivity contribution >= 4 is 11.6 Å². The SMILES string of the molecule is CCCNC(Cc1c(Cl)c(C)nn1C)C1(C)CCCCO1. The fourth-order valence-corrected chi connectivity index (χ4v) is 3.39. The van der Waals surface area contributed by atoms with Crippen molar-refractivity contribution in [2.45, 2.75) is 64.5 Å². The molecule has 2 atom stereocenters. The molecule has 1 N–H and O–H groups in total. The van der Waals surface area contributed by atoms with E-state index in [0.29, 0.717) is 0 Å². The maximum atomic E-state index is 6.42. The number of aromatic nitrogens is 2. The molecule has 0 saturated carbocycles. The van der Waals surface area contributed by atoms with Crippen LogP contribution in [0.1, 0.15) is 50.9 Å². The molecule has 1 aromatic heterocycles. The summed E-state index contributed by atoms with van der Waals surface area (Å²) in [7, 11) is 1.97. The summed E-state index contributed by atoms with van der Waals surface area (Å²) in [4.78, 5) is 0.